The Bertz CT molecular complexity index is 727. The lowest BCUT2D eigenvalue weighted by Gasteiger charge is -2.23. The maximum atomic E-state index is 10.8. The summed E-state index contributed by atoms with van der Waals surface area (Å²) in [4.78, 5) is 10.8. The van der Waals surface area contributed by atoms with Crippen LogP contribution in [0, 0.1) is 0 Å². The first-order valence-corrected chi connectivity index (χ1v) is 6.67. The first kappa shape index (κ1) is 13.2. The fraction of sp³-hybridized carbons (Fsp3) is 0.0556. The SMILES string of the molecule is O=C(O)C=CC1=C(c2ccccc2)c2ccccc2OC1. The molecule has 1 aliphatic heterocycles. The molecular formula is C18H14O3. The second kappa shape index (κ2) is 5.67. The van der Waals surface area contributed by atoms with Crippen molar-refractivity contribution in [2.45, 2.75) is 0 Å². The highest BCUT2D eigenvalue weighted by molar-refractivity contribution is 5.89. The molecule has 0 bridgehead atoms. The molecule has 3 rings (SSSR count). The predicted octanol–water partition coefficient (Wildman–Crippen LogP) is 3.52. The number of rotatable bonds is 3. The molecule has 0 aliphatic carbocycles. The van der Waals surface area contributed by atoms with Gasteiger partial charge in [-0.3, -0.25) is 0 Å². The zero-order valence-electron chi connectivity index (χ0n) is 11.3. The maximum Gasteiger partial charge on any atom is 0.328 e. The van der Waals surface area contributed by atoms with Crippen LogP contribution in [-0.4, -0.2) is 17.7 Å². The molecule has 0 saturated heterocycles. The van der Waals surface area contributed by atoms with Crippen LogP contribution < -0.4 is 4.74 Å². The first-order valence-electron chi connectivity index (χ1n) is 6.67. The summed E-state index contributed by atoms with van der Waals surface area (Å²) in [6.45, 7) is 0.366. The van der Waals surface area contributed by atoms with Crippen molar-refractivity contribution >= 4 is 11.5 Å². The van der Waals surface area contributed by atoms with Crippen LogP contribution in [0.5, 0.6) is 5.75 Å². The predicted molar refractivity (Wildman–Crippen MR) is 81.2 cm³/mol. The average molecular weight is 278 g/mol. The van der Waals surface area contributed by atoms with Gasteiger partial charge in [-0.05, 0) is 28.9 Å². The van der Waals surface area contributed by atoms with Crippen molar-refractivity contribution in [3.05, 3.63) is 83.4 Å². The summed E-state index contributed by atoms with van der Waals surface area (Å²) in [6.07, 6.45) is 2.76. The Hall–Kier alpha value is -2.81. The molecule has 0 spiro atoms. The lowest BCUT2D eigenvalue weighted by atomic mass is 9.91. The van der Waals surface area contributed by atoms with Gasteiger partial charge in [0.05, 0.1) is 0 Å². The van der Waals surface area contributed by atoms with E-state index in [1.165, 1.54) is 0 Å². The van der Waals surface area contributed by atoms with E-state index in [-0.39, 0.29) is 0 Å². The summed E-state index contributed by atoms with van der Waals surface area (Å²) in [5.41, 5.74) is 3.93. The molecule has 21 heavy (non-hydrogen) atoms. The Labute approximate surface area is 122 Å². The molecule has 0 aromatic heterocycles. The van der Waals surface area contributed by atoms with Crippen molar-refractivity contribution in [2.24, 2.45) is 0 Å². The fourth-order valence-electron chi connectivity index (χ4n) is 2.45. The quantitative estimate of drug-likeness (QED) is 0.874. The van der Waals surface area contributed by atoms with E-state index in [2.05, 4.69) is 0 Å². The molecular weight excluding hydrogens is 264 g/mol. The Balaban J connectivity index is 2.19. The van der Waals surface area contributed by atoms with Gasteiger partial charge in [-0.15, -0.1) is 0 Å². The molecule has 0 atom stereocenters. The normalized spacial score (nSPS) is 13.9. The summed E-state index contributed by atoms with van der Waals surface area (Å²) in [7, 11) is 0. The van der Waals surface area contributed by atoms with E-state index >= 15 is 0 Å². The Morgan fingerprint density at radius 3 is 2.52 bits per heavy atom. The molecule has 0 fully saturated rings. The third kappa shape index (κ3) is 2.72. The number of fused-ring (bicyclic) bond motifs is 1. The molecule has 3 heteroatoms. The minimum Gasteiger partial charge on any atom is -0.488 e. The van der Waals surface area contributed by atoms with Crippen LogP contribution in [-0.2, 0) is 4.79 Å². The van der Waals surface area contributed by atoms with Gasteiger partial charge in [-0.1, -0.05) is 48.5 Å². The molecule has 0 radical (unpaired) electrons. The van der Waals surface area contributed by atoms with E-state index < -0.39 is 5.97 Å². The summed E-state index contributed by atoms with van der Waals surface area (Å²) in [5.74, 6) is -0.141. The molecule has 2 aromatic rings. The van der Waals surface area contributed by atoms with E-state index in [0.717, 1.165) is 34.1 Å². The van der Waals surface area contributed by atoms with Crippen molar-refractivity contribution < 1.29 is 14.6 Å². The zero-order chi connectivity index (χ0) is 14.7. The molecule has 1 aliphatic rings. The van der Waals surface area contributed by atoms with Gasteiger partial charge in [0.1, 0.15) is 12.4 Å². The number of benzene rings is 2. The van der Waals surface area contributed by atoms with Crippen molar-refractivity contribution in [3.63, 3.8) is 0 Å². The second-order valence-electron chi connectivity index (χ2n) is 4.72. The highest BCUT2D eigenvalue weighted by Crippen LogP contribution is 2.37. The van der Waals surface area contributed by atoms with Gasteiger partial charge in [0.15, 0.2) is 0 Å². The van der Waals surface area contributed by atoms with Crippen molar-refractivity contribution in [2.75, 3.05) is 6.61 Å². The molecule has 104 valence electrons. The third-order valence-corrected chi connectivity index (χ3v) is 3.35. The number of carboxylic acid groups (broad SMARTS) is 1. The van der Waals surface area contributed by atoms with Crippen LogP contribution >= 0.6 is 0 Å². The van der Waals surface area contributed by atoms with E-state index in [9.17, 15) is 4.79 Å². The standard InChI is InChI=1S/C18H14O3/c19-17(20)11-10-14-12-21-16-9-5-4-8-15(16)18(14)13-6-2-1-3-7-13/h1-11H,12H2,(H,19,20). The van der Waals surface area contributed by atoms with Crippen LogP contribution in [0.2, 0.25) is 0 Å². The number of aliphatic carboxylic acids is 1. The number of para-hydroxylation sites is 1. The Morgan fingerprint density at radius 1 is 1.05 bits per heavy atom. The van der Waals surface area contributed by atoms with Gasteiger partial charge in [-0.2, -0.15) is 0 Å². The minimum absolute atomic E-state index is 0.366. The largest absolute Gasteiger partial charge is 0.488 e. The van der Waals surface area contributed by atoms with Gasteiger partial charge < -0.3 is 9.84 Å². The van der Waals surface area contributed by atoms with E-state index in [1.807, 2.05) is 54.6 Å². The Kier molecular flexibility index (Phi) is 3.56. The maximum absolute atomic E-state index is 10.8. The number of carboxylic acids is 1. The average Bonchev–Trinajstić information content (AvgIpc) is 2.53. The molecule has 1 heterocycles. The second-order valence-corrected chi connectivity index (χ2v) is 4.72. The topological polar surface area (TPSA) is 46.5 Å². The lowest BCUT2D eigenvalue weighted by molar-refractivity contribution is -0.131. The summed E-state index contributed by atoms with van der Waals surface area (Å²) >= 11 is 0. The number of carbonyl (C=O) groups is 1. The molecule has 0 unspecified atom stereocenters. The fourth-order valence-corrected chi connectivity index (χ4v) is 2.45. The third-order valence-electron chi connectivity index (χ3n) is 3.35. The van der Waals surface area contributed by atoms with Gasteiger partial charge in [0.2, 0.25) is 0 Å². The smallest absolute Gasteiger partial charge is 0.328 e. The van der Waals surface area contributed by atoms with Crippen molar-refractivity contribution in [3.8, 4) is 5.75 Å². The highest BCUT2D eigenvalue weighted by Gasteiger charge is 2.19. The monoisotopic (exact) mass is 278 g/mol. The Morgan fingerprint density at radius 2 is 1.76 bits per heavy atom. The van der Waals surface area contributed by atoms with Crippen LogP contribution in [0.4, 0.5) is 0 Å². The molecule has 3 nitrogen and oxygen atoms in total. The van der Waals surface area contributed by atoms with Crippen LogP contribution in [0.1, 0.15) is 11.1 Å². The molecule has 2 aromatic carbocycles. The molecule has 0 saturated carbocycles. The molecule has 1 N–H and O–H groups in total. The highest BCUT2D eigenvalue weighted by atomic mass is 16.5. The molecule has 0 amide bonds. The summed E-state index contributed by atoms with van der Waals surface area (Å²) < 4.78 is 5.72. The number of hydrogen-bond donors (Lipinski definition) is 1. The van der Waals surface area contributed by atoms with Crippen LogP contribution in [0.3, 0.4) is 0 Å². The van der Waals surface area contributed by atoms with Gasteiger partial charge in [-0.25, -0.2) is 4.79 Å². The first-order chi connectivity index (χ1) is 10.3. The van der Waals surface area contributed by atoms with Crippen LogP contribution in [0.15, 0.2) is 72.3 Å². The van der Waals surface area contributed by atoms with E-state index in [1.54, 1.807) is 6.08 Å². The van der Waals surface area contributed by atoms with E-state index in [0.29, 0.717) is 6.61 Å². The van der Waals surface area contributed by atoms with Gasteiger partial charge in [0.25, 0.3) is 0 Å². The number of ether oxygens (including phenoxy) is 1. The van der Waals surface area contributed by atoms with Crippen LogP contribution in [0.25, 0.3) is 5.57 Å². The van der Waals surface area contributed by atoms with Crippen molar-refractivity contribution in [1.82, 2.24) is 0 Å². The van der Waals surface area contributed by atoms with E-state index in [4.69, 9.17) is 9.84 Å². The van der Waals surface area contributed by atoms with Crippen molar-refractivity contribution in [1.29, 1.82) is 0 Å². The zero-order valence-corrected chi connectivity index (χ0v) is 11.3. The lowest BCUT2D eigenvalue weighted by Crippen LogP contribution is -2.11. The summed E-state index contributed by atoms with van der Waals surface area (Å²) in [5, 5.41) is 8.85. The van der Waals surface area contributed by atoms with Gasteiger partial charge in [0, 0.05) is 11.6 Å². The number of hydrogen-bond acceptors (Lipinski definition) is 2. The minimum atomic E-state index is -0.964. The van der Waals surface area contributed by atoms with Gasteiger partial charge >= 0.3 is 5.97 Å². The summed E-state index contributed by atoms with van der Waals surface area (Å²) in [6, 6.07) is 17.7.